The molecule has 0 saturated carbocycles. The average molecular weight is 564 g/mol. The molecule has 3 N–H and O–H groups in total. The minimum Gasteiger partial charge on any atom is -0.462 e. The number of amides is 3. The Labute approximate surface area is 239 Å². The van der Waals surface area contributed by atoms with Gasteiger partial charge in [0.1, 0.15) is 19.3 Å². The number of benzene rings is 2. The Bertz CT molecular complexity index is 1200. The molecule has 0 radical (unpaired) electrons. The highest BCUT2D eigenvalue weighted by Gasteiger charge is 2.32. The number of allylic oxidation sites excluding steroid dienone is 1. The van der Waals surface area contributed by atoms with Crippen LogP contribution in [-0.2, 0) is 30.5 Å². The fourth-order valence-corrected chi connectivity index (χ4v) is 5.04. The number of rotatable bonds is 7. The maximum Gasteiger partial charge on any atom is 0.408 e. The number of hydrogen-bond acceptors (Lipinski definition) is 7. The van der Waals surface area contributed by atoms with Gasteiger partial charge in [-0.2, -0.15) is 0 Å². The van der Waals surface area contributed by atoms with Crippen LogP contribution in [0.3, 0.4) is 0 Å². The van der Waals surface area contributed by atoms with Gasteiger partial charge in [0.15, 0.2) is 0 Å². The largest absolute Gasteiger partial charge is 0.462 e. The minimum absolute atomic E-state index is 0.0124. The molecule has 41 heavy (non-hydrogen) atoms. The Kier molecular flexibility index (Phi) is 10.9. The van der Waals surface area contributed by atoms with Gasteiger partial charge in [0.2, 0.25) is 11.8 Å². The summed E-state index contributed by atoms with van der Waals surface area (Å²) in [5.41, 5.74) is 1.54. The Hall–Kier alpha value is -4.18. The van der Waals surface area contributed by atoms with E-state index < -0.39 is 30.1 Å². The smallest absolute Gasteiger partial charge is 0.408 e. The summed E-state index contributed by atoms with van der Waals surface area (Å²) in [5.74, 6) is -1.82. The van der Waals surface area contributed by atoms with Gasteiger partial charge in [-0.15, -0.1) is 0 Å². The first-order valence-corrected chi connectivity index (χ1v) is 14.0. The van der Waals surface area contributed by atoms with Crippen LogP contribution < -0.4 is 10.6 Å². The first-order valence-electron chi connectivity index (χ1n) is 14.0. The summed E-state index contributed by atoms with van der Waals surface area (Å²) in [5, 5.41) is 15.2. The number of nitrogens with zero attached hydrogens (tertiary/aromatic N) is 1. The molecular weight excluding hydrogens is 526 g/mol. The van der Waals surface area contributed by atoms with Crippen molar-refractivity contribution in [1.29, 1.82) is 0 Å². The van der Waals surface area contributed by atoms with Crippen molar-refractivity contribution in [3.05, 3.63) is 83.9 Å². The summed E-state index contributed by atoms with van der Waals surface area (Å²) >= 11 is 0. The number of esters is 1. The first kappa shape index (κ1) is 29.8. The van der Waals surface area contributed by atoms with Gasteiger partial charge >= 0.3 is 12.1 Å². The number of aliphatic hydroxyl groups excluding tert-OH is 1. The summed E-state index contributed by atoms with van der Waals surface area (Å²) in [6.07, 6.45) is 4.60. The van der Waals surface area contributed by atoms with E-state index in [1.807, 2.05) is 60.7 Å². The van der Waals surface area contributed by atoms with Crippen LogP contribution in [0.15, 0.2) is 72.8 Å². The maximum atomic E-state index is 13.4. The molecule has 1 fully saturated rings. The maximum absolute atomic E-state index is 13.4. The van der Waals surface area contributed by atoms with E-state index in [4.69, 9.17) is 9.47 Å². The number of carbonyl (C=O) groups excluding carboxylic acids is 4. The Morgan fingerprint density at radius 1 is 1.02 bits per heavy atom. The first-order chi connectivity index (χ1) is 19.9. The Morgan fingerprint density at radius 3 is 2.46 bits per heavy atom. The van der Waals surface area contributed by atoms with Crippen LogP contribution in [0.4, 0.5) is 4.79 Å². The predicted molar refractivity (Wildman–Crippen MR) is 150 cm³/mol. The molecule has 2 aromatic rings. The van der Waals surface area contributed by atoms with Gasteiger partial charge in [-0.1, -0.05) is 72.8 Å². The van der Waals surface area contributed by atoms with Crippen LogP contribution >= 0.6 is 0 Å². The van der Waals surface area contributed by atoms with Gasteiger partial charge in [-0.3, -0.25) is 9.59 Å². The van der Waals surface area contributed by atoms with E-state index >= 15 is 0 Å². The number of ether oxygens (including phenoxy) is 2. The van der Waals surface area contributed by atoms with E-state index in [1.165, 1.54) is 0 Å². The molecule has 0 aliphatic carbocycles. The molecule has 0 unspecified atom stereocenters. The second-order valence-electron chi connectivity index (χ2n) is 10.3. The summed E-state index contributed by atoms with van der Waals surface area (Å²) in [6.45, 7) is 0.349. The van der Waals surface area contributed by atoms with E-state index in [9.17, 15) is 24.3 Å². The van der Waals surface area contributed by atoms with Crippen molar-refractivity contribution in [1.82, 2.24) is 15.5 Å². The highest BCUT2D eigenvalue weighted by Crippen LogP contribution is 2.23. The van der Waals surface area contributed by atoms with Gasteiger partial charge in [0, 0.05) is 13.0 Å². The molecule has 10 heteroatoms. The lowest BCUT2D eigenvalue weighted by Crippen LogP contribution is -2.44. The van der Waals surface area contributed by atoms with Crippen molar-refractivity contribution in [3.8, 4) is 0 Å². The lowest BCUT2D eigenvalue weighted by molar-refractivity contribution is -0.147. The molecule has 218 valence electrons. The van der Waals surface area contributed by atoms with E-state index in [1.54, 1.807) is 17.1 Å². The van der Waals surface area contributed by atoms with Gasteiger partial charge < -0.3 is 30.1 Å². The molecule has 0 bridgehead atoms. The number of nitrogens with one attached hydrogen (secondary N) is 2. The summed E-state index contributed by atoms with van der Waals surface area (Å²) < 4.78 is 10.9. The Balaban J connectivity index is 1.48. The van der Waals surface area contributed by atoms with Gasteiger partial charge in [0.05, 0.1) is 24.6 Å². The van der Waals surface area contributed by atoms with Gasteiger partial charge in [-0.25, -0.2) is 9.59 Å². The molecule has 10 nitrogen and oxygen atoms in total. The summed E-state index contributed by atoms with van der Waals surface area (Å²) in [7, 11) is 0. The number of carbonyl (C=O) groups is 4. The molecule has 2 aliphatic rings. The summed E-state index contributed by atoms with van der Waals surface area (Å²) in [6, 6.07) is 16.4. The fourth-order valence-electron chi connectivity index (χ4n) is 5.04. The lowest BCUT2D eigenvalue weighted by Gasteiger charge is -2.27. The van der Waals surface area contributed by atoms with Crippen LogP contribution in [0.5, 0.6) is 0 Å². The zero-order valence-electron chi connectivity index (χ0n) is 22.9. The molecule has 3 amide bonds. The van der Waals surface area contributed by atoms with Crippen molar-refractivity contribution < 1.29 is 33.8 Å². The molecule has 2 aliphatic heterocycles. The van der Waals surface area contributed by atoms with Crippen LogP contribution in [-0.4, -0.2) is 65.7 Å². The third-order valence-electron chi connectivity index (χ3n) is 7.36. The number of cyclic esters (lactones) is 1. The lowest BCUT2D eigenvalue weighted by atomic mass is 9.97. The average Bonchev–Trinajstić information content (AvgIpc) is 3.48. The van der Waals surface area contributed by atoms with E-state index in [0.717, 1.165) is 24.0 Å². The van der Waals surface area contributed by atoms with Crippen molar-refractivity contribution in [2.45, 2.75) is 56.8 Å². The van der Waals surface area contributed by atoms with Crippen LogP contribution in [0.25, 0.3) is 0 Å². The summed E-state index contributed by atoms with van der Waals surface area (Å²) in [4.78, 5) is 53.7. The van der Waals surface area contributed by atoms with E-state index in [-0.39, 0.29) is 56.9 Å². The Morgan fingerprint density at radius 2 is 1.73 bits per heavy atom. The topological polar surface area (TPSA) is 134 Å². The second kappa shape index (κ2) is 15.0. The zero-order valence-corrected chi connectivity index (χ0v) is 22.9. The SMILES string of the molecule is O=C(N[C@@H]1CC=CC[C@H](CC(=O)N2CCC[C@H]2CO)C(=O)N[C@H](c2ccccc2)COC1=O)OCc1ccccc1. The monoisotopic (exact) mass is 563 g/mol. The quantitative estimate of drug-likeness (QED) is 0.348. The van der Waals surface area contributed by atoms with Gasteiger partial charge in [-0.05, 0) is 36.8 Å². The predicted octanol–water partition coefficient (Wildman–Crippen LogP) is 3.02. The number of aliphatic hydroxyl groups is 1. The third-order valence-corrected chi connectivity index (χ3v) is 7.36. The zero-order chi connectivity index (χ0) is 29.0. The van der Waals surface area contributed by atoms with Crippen molar-refractivity contribution >= 4 is 23.9 Å². The molecule has 4 rings (SSSR count). The minimum atomic E-state index is -1.00. The van der Waals surface area contributed by atoms with E-state index in [0.29, 0.717) is 6.54 Å². The molecule has 2 aromatic carbocycles. The van der Waals surface area contributed by atoms with Gasteiger partial charge in [0.25, 0.3) is 0 Å². The van der Waals surface area contributed by atoms with Crippen molar-refractivity contribution in [3.63, 3.8) is 0 Å². The molecule has 4 atom stereocenters. The van der Waals surface area contributed by atoms with Crippen LogP contribution in [0, 0.1) is 5.92 Å². The molecule has 0 spiro atoms. The molecule has 2 heterocycles. The molecule has 1 saturated heterocycles. The number of hydrogen-bond donors (Lipinski definition) is 3. The van der Waals surface area contributed by atoms with Crippen molar-refractivity contribution in [2.75, 3.05) is 19.8 Å². The molecular formula is C31H37N3O7. The molecule has 0 aromatic heterocycles. The highest BCUT2D eigenvalue weighted by atomic mass is 16.6. The third kappa shape index (κ3) is 8.65. The fraction of sp³-hybridized carbons (Fsp3) is 0.419. The number of alkyl carbamates (subject to hydrolysis) is 1. The van der Waals surface area contributed by atoms with E-state index in [2.05, 4.69) is 10.6 Å². The van der Waals surface area contributed by atoms with Crippen LogP contribution in [0.2, 0.25) is 0 Å². The number of likely N-dealkylation sites (tertiary alicyclic amines) is 1. The van der Waals surface area contributed by atoms with Crippen molar-refractivity contribution in [2.24, 2.45) is 5.92 Å². The second-order valence-corrected chi connectivity index (χ2v) is 10.3. The standard InChI is InChI=1S/C31H37N3O7/c35-19-25-15-9-17-34(25)28(36)18-24-14-7-8-16-26(33-31(39)41-20-22-10-3-1-4-11-22)30(38)40-21-27(32-29(24)37)23-12-5-2-6-13-23/h1-8,10-13,24-27,35H,9,14-21H2,(H,32,37)(H,33,39)/t24-,25+,26-,27+/m1/s1. The normalized spacial score (nSPS) is 23.5. The highest BCUT2D eigenvalue weighted by molar-refractivity contribution is 5.86. The van der Waals surface area contributed by atoms with Crippen LogP contribution in [0.1, 0.15) is 49.3 Å².